The van der Waals surface area contributed by atoms with Crippen molar-refractivity contribution in [2.45, 2.75) is 39.1 Å². The number of aryl methyl sites for hydroxylation is 1. The van der Waals surface area contributed by atoms with Gasteiger partial charge in [0.05, 0.1) is 24.2 Å². The molecule has 3 aromatic rings. The van der Waals surface area contributed by atoms with Gasteiger partial charge in [-0.2, -0.15) is 4.31 Å². The van der Waals surface area contributed by atoms with Crippen LogP contribution in [0.25, 0.3) is 11.0 Å². The maximum absolute atomic E-state index is 13.6. The van der Waals surface area contributed by atoms with Crippen LogP contribution >= 0.6 is 0 Å². The maximum Gasteiger partial charge on any atom is 0.243 e. The van der Waals surface area contributed by atoms with E-state index >= 15 is 0 Å². The number of carbonyl (C=O) groups excluding carboxylic acids is 1. The first-order valence-corrected chi connectivity index (χ1v) is 12.2. The molecule has 0 N–H and O–H groups in total. The highest BCUT2D eigenvalue weighted by Gasteiger charge is 2.30. The Kier molecular flexibility index (Phi) is 7.40. The molecule has 9 heteroatoms. The van der Waals surface area contributed by atoms with E-state index in [1.807, 2.05) is 27.7 Å². The molecule has 0 bridgehead atoms. The average Bonchev–Trinajstić information content (AvgIpc) is 3.34. The SMILES string of the molecule is CC(C)CN(CC(C)C)C(=O)CN(Cc1nccn1C)S(=O)(=O)c1ccc2occc2c1. The number of fused-ring (bicyclic) bond motifs is 1. The van der Waals surface area contributed by atoms with Gasteiger partial charge in [0.15, 0.2) is 0 Å². The molecular weight excluding hydrogens is 428 g/mol. The summed E-state index contributed by atoms with van der Waals surface area (Å²) in [7, 11) is -2.16. The molecule has 0 aliphatic rings. The first-order chi connectivity index (χ1) is 15.1. The standard InChI is InChI=1S/C23H32N4O4S/c1-17(2)13-26(14-18(3)4)23(28)16-27(15-22-24-9-10-25(22)5)32(29,30)20-6-7-21-19(12-20)8-11-31-21/h6-12,17-18H,13-16H2,1-5H3. The molecule has 32 heavy (non-hydrogen) atoms. The Balaban J connectivity index is 1.95. The largest absolute Gasteiger partial charge is 0.464 e. The number of amides is 1. The van der Waals surface area contributed by atoms with Crippen LogP contribution in [0.3, 0.4) is 0 Å². The highest BCUT2D eigenvalue weighted by atomic mass is 32.2. The highest BCUT2D eigenvalue weighted by molar-refractivity contribution is 7.89. The summed E-state index contributed by atoms with van der Waals surface area (Å²) in [6.45, 7) is 9.08. The zero-order valence-electron chi connectivity index (χ0n) is 19.4. The Morgan fingerprint density at radius 1 is 1.12 bits per heavy atom. The van der Waals surface area contributed by atoms with Crippen molar-refractivity contribution in [1.29, 1.82) is 0 Å². The van der Waals surface area contributed by atoms with Crippen LogP contribution in [0, 0.1) is 11.8 Å². The monoisotopic (exact) mass is 460 g/mol. The molecule has 174 valence electrons. The van der Waals surface area contributed by atoms with E-state index in [1.165, 1.54) is 16.6 Å². The lowest BCUT2D eigenvalue weighted by atomic mass is 10.1. The first-order valence-electron chi connectivity index (χ1n) is 10.8. The van der Waals surface area contributed by atoms with Crippen molar-refractivity contribution in [3.8, 4) is 0 Å². The number of imidazole rings is 1. The summed E-state index contributed by atoms with van der Waals surface area (Å²) in [5.41, 5.74) is 0.607. The zero-order valence-corrected chi connectivity index (χ0v) is 20.2. The van der Waals surface area contributed by atoms with Gasteiger partial charge >= 0.3 is 0 Å². The smallest absolute Gasteiger partial charge is 0.243 e. The fraction of sp³-hybridized carbons (Fsp3) is 0.478. The Hall–Kier alpha value is -2.65. The topological polar surface area (TPSA) is 88.7 Å². The van der Waals surface area contributed by atoms with Crippen LogP contribution in [0.1, 0.15) is 33.5 Å². The molecule has 2 heterocycles. The van der Waals surface area contributed by atoms with Crippen LogP contribution in [-0.4, -0.2) is 52.7 Å². The number of hydrogen-bond acceptors (Lipinski definition) is 5. The number of aromatic nitrogens is 2. The van der Waals surface area contributed by atoms with Gasteiger partial charge in [-0.3, -0.25) is 4.79 Å². The quantitative estimate of drug-likeness (QED) is 0.462. The second-order valence-corrected chi connectivity index (χ2v) is 10.9. The zero-order chi connectivity index (χ0) is 23.5. The molecule has 1 aromatic carbocycles. The molecule has 0 saturated heterocycles. The Labute approximate surface area is 189 Å². The average molecular weight is 461 g/mol. The van der Waals surface area contributed by atoms with Crippen LogP contribution in [-0.2, 0) is 28.4 Å². The predicted octanol–water partition coefficient (Wildman–Crippen LogP) is 3.50. The molecule has 0 radical (unpaired) electrons. The van der Waals surface area contributed by atoms with Crippen LogP contribution in [0.4, 0.5) is 0 Å². The summed E-state index contributed by atoms with van der Waals surface area (Å²) in [4.78, 5) is 19.4. The summed E-state index contributed by atoms with van der Waals surface area (Å²) in [5.74, 6) is 0.904. The van der Waals surface area contributed by atoms with Gasteiger partial charge in [-0.15, -0.1) is 0 Å². The van der Waals surface area contributed by atoms with E-state index in [-0.39, 0.29) is 35.7 Å². The molecule has 2 aromatic heterocycles. The predicted molar refractivity (Wildman–Crippen MR) is 123 cm³/mol. The molecule has 0 aliphatic carbocycles. The lowest BCUT2D eigenvalue weighted by molar-refractivity contribution is -0.132. The van der Waals surface area contributed by atoms with Crippen molar-refractivity contribution in [3.05, 3.63) is 48.7 Å². The summed E-state index contributed by atoms with van der Waals surface area (Å²) in [6, 6.07) is 6.43. The molecule has 3 rings (SSSR count). The molecule has 0 spiro atoms. The third kappa shape index (κ3) is 5.58. The first kappa shape index (κ1) is 24.0. The Morgan fingerprint density at radius 3 is 2.41 bits per heavy atom. The minimum atomic E-state index is -3.96. The molecule has 0 fully saturated rings. The van der Waals surface area contributed by atoms with Crippen molar-refractivity contribution in [3.63, 3.8) is 0 Å². The number of carbonyl (C=O) groups is 1. The summed E-state index contributed by atoms with van der Waals surface area (Å²) >= 11 is 0. The number of benzene rings is 1. The molecule has 0 aliphatic heterocycles. The van der Waals surface area contributed by atoms with Crippen molar-refractivity contribution < 1.29 is 17.6 Å². The fourth-order valence-electron chi connectivity index (χ4n) is 3.60. The van der Waals surface area contributed by atoms with E-state index in [0.717, 1.165) is 0 Å². The van der Waals surface area contributed by atoms with Gasteiger partial charge in [0.1, 0.15) is 11.4 Å². The Morgan fingerprint density at radius 2 is 1.81 bits per heavy atom. The van der Waals surface area contributed by atoms with Gasteiger partial charge in [-0.1, -0.05) is 27.7 Å². The molecule has 0 atom stereocenters. The second-order valence-electron chi connectivity index (χ2n) is 8.93. The molecule has 0 saturated carbocycles. The third-order valence-corrected chi connectivity index (χ3v) is 6.92. The van der Waals surface area contributed by atoms with Gasteiger partial charge in [0, 0.05) is 37.9 Å². The lowest BCUT2D eigenvalue weighted by Crippen LogP contribution is -2.45. The molecular formula is C23H32N4O4S. The van der Waals surface area contributed by atoms with E-state index in [0.29, 0.717) is 29.9 Å². The van der Waals surface area contributed by atoms with Gasteiger partial charge in [0.25, 0.3) is 0 Å². The Bertz CT molecular complexity index is 1150. The van der Waals surface area contributed by atoms with Crippen molar-refractivity contribution in [1.82, 2.24) is 18.8 Å². The van der Waals surface area contributed by atoms with Crippen molar-refractivity contribution in [2.75, 3.05) is 19.6 Å². The number of nitrogens with zero attached hydrogens (tertiary/aromatic N) is 4. The number of rotatable bonds is 10. The third-order valence-electron chi connectivity index (χ3n) is 5.14. The van der Waals surface area contributed by atoms with Crippen LogP contribution in [0.2, 0.25) is 0 Å². The lowest BCUT2D eigenvalue weighted by Gasteiger charge is -2.29. The molecule has 0 unspecified atom stereocenters. The van der Waals surface area contributed by atoms with E-state index in [9.17, 15) is 13.2 Å². The summed E-state index contributed by atoms with van der Waals surface area (Å²) in [6.07, 6.45) is 4.89. The number of sulfonamides is 1. The minimum Gasteiger partial charge on any atom is -0.464 e. The highest BCUT2D eigenvalue weighted by Crippen LogP contribution is 2.24. The van der Waals surface area contributed by atoms with Gasteiger partial charge in [-0.25, -0.2) is 13.4 Å². The minimum absolute atomic E-state index is 0.00179. The summed E-state index contributed by atoms with van der Waals surface area (Å²) in [5, 5.41) is 0.690. The van der Waals surface area contributed by atoms with Crippen LogP contribution < -0.4 is 0 Å². The summed E-state index contributed by atoms with van der Waals surface area (Å²) < 4.78 is 35.6. The van der Waals surface area contributed by atoms with E-state index in [4.69, 9.17) is 4.42 Å². The van der Waals surface area contributed by atoms with Crippen LogP contribution in [0.15, 0.2) is 52.2 Å². The van der Waals surface area contributed by atoms with E-state index in [1.54, 1.807) is 47.1 Å². The van der Waals surface area contributed by atoms with Crippen LogP contribution in [0.5, 0.6) is 0 Å². The number of furan rings is 1. The van der Waals surface area contributed by atoms with E-state index in [2.05, 4.69) is 4.98 Å². The second kappa shape index (κ2) is 9.87. The van der Waals surface area contributed by atoms with Gasteiger partial charge in [-0.05, 0) is 36.1 Å². The maximum atomic E-state index is 13.6. The fourth-order valence-corrected chi connectivity index (χ4v) is 4.98. The van der Waals surface area contributed by atoms with Crippen molar-refractivity contribution >= 4 is 26.9 Å². The van der Waals surface area contributed by atoms with Gasteiger partial charge < -0.3 is 13.9 Å². The van der Waals surface area contributed by atoms with E-state index < -0.39 is 10.0 Å². The molecule has 8 nitrogen and oxygen atoms in total. The number of hydrogen-bond donors (Lipinski definition) is 0. The molecule has 1 amide bonds. The normalized spacial score (nSPS) is 12.4. The van der Waals surface area contributed by atoms with Crippen molar-refractivity contribution in [2.24, 2.45) is 18.9 Å². The van der Waals surface area contributed by atoms with Gasteiger partial charge in [0.2, 0.25) is 15.9 Å².